The number of sulfone groups is 1. The van der Waals surface area contributed by atoms with E-state index in [0.717, 1.165) is 11.5 Å². The van der Waals surface area contributed by atoms with Gasteiger partial charge in [0.25, 0.3) is 0 Å². The minimum atomic E-state index is -3.58. The van der Waals surface area contributed by atoms with Gasteiger partial charge in [-0.2, -0.15) is 4.37 Å². The van der Waals surface area contributed by atoms with Crippen molar-refractivity contribution in [3.8, 4) is 11.5 Å². The zero-order chi connectivity index (χ0) is 15.6. The van der Waals surface area contributed by atoms with Gasteiger partial charge in [-0.3, -0.25) is 0 Å². The van der Waals surface area contributed by atoms with Crippen LogP contribution < -0.4 is 9.47 Å². The summed E-state index contributed by atoms with van der Waals surface area (Å²) in [5.74, 6) is 1.32. The second-order valence-corrected chi connectivity index (χ2v) is 7.65. The van der Waals surface area contributed by atoms with Crippen LogP contribution in [0.3, 0.4) is 0 Å². The van der Waals surface area contributed by atoms with Crippen LogP contribution in [0.5, 0.6) is 11.5 Å². The van der Waals surface area contributed by atoms with E-state index in [-0.39, 0.29) is 23.3 Å². The minimum absolute atomic E-state index is 0.0259. The molecule has 0 amide bonds. The van der Waals surface area contributed by atoms with Gasteiger partial charge in [-0.05, 0) is 23.7 Å². The van der Waals surface area contributed by atoms with Gasteiger partial charge in [0.15, 0.2) is 17.3 Å². The van der Waals surface area contributed by atoms with Gasteiger partial charge in [-0.15, -0.1) is 0 Å². The minimum Gasteiger partial charge on any atom is -0.486 e. The molecule has 2 heterocycles. The van der Waals surface area contributed by atoms with Gasteiger partial charge in [0.05, 0.1) is 5.75 Å². The lowest BCUT2D eigenvalue weighted by atomic mass is 10.3. The molecule has 0 saturated carbocycles. The average molecular weight is 342 g/mol. The predicted molar refractivity (Wildman–Crippen MR) is 79.0 cm³/mol. The van der Waals surface area contributed by atoms with E-state index in [4.69, 9.17) is 14.2 Å². The topological polar surface area (TPSA) is 87.6 Å². The molecule has 7 nitrogen and oxygen atoms in total. The highest BCUT2D eigenvalue weighted by Crippen LogP contribution is 2.31. The molecule has 1 aliphatic rings. The number of benzene rings is 1. The molecule has 0 saturated heterocycles. The molecule has 0 fully saturated rings. The third kappa shape index (κ3) is 3.21. The summed E-state index contributed by atoms with van der Waals surface area (Å²) in [5, 5.41) is 0. The number of rotatable bonds is 5. The number of hydrogen-bond donors (Lipinski definition) is 0. The summed E-state index contributed by atoms with van der Waals surface area (Å²) < 4.78 is 44.7. The van der Waals surface area contributed by atoms with Crippen LogP contribution in [0.15, 0.2) is 28.6 Å². The maximum atomic E-state index is 12.4. The molecule has 0 N–H and O–H groups in total. The Kier molecular flexibility index (Phi) is 4.27. The van der Waals surface area contributed by atoms with Crippen LogP contribution in [0.1, 0.15) is 5.82 Å². The summed E-state index contributed by atoms with van der Waals surface area (Å²) in [7, 11) is -2.08. The van der Waals surface area contributed by atoms with Crippen LogP contribution in [-0.4, -0.2) is 43.3 Å². The molecule has 1 unspecified atom stereocenters. The van der Waals surface area contributed by atoms with E-state index in [1.54, 1.807) is 18.2 Å². The second-order valence-electron chi connectivity index (χ2n) is 4.69. The summed E-state index contributed by atoms with van der Waals surface area (Å²) in [5.41, 5.74) is 0. The summed E-state index contributed by atoms with van der Waals surface area (Å²) in [6.45, 7) is 0.364. The maximum absolute atomic E-state index is 12.4. The number of ether oxygens (including phenoxy) is 3. The number of para-hydroxylation sites is 2. The van der Waals surface area contributed by atoms with Gasteiger partial charge >= 0.3 is 0 Å². The molecule has 22 heavy (non-hydrogen) atoms. The molecule has 0 aliphatic carbocycles. The molecular weight excluding hydrogens is 328 g/mol. The molecule has 0 spiro atoms. The van der Waals surface area contributed by atoms with Gasteiger partial charge in [-0.1, -0.05) is 12.1 Å². The lowest BCUT2D eigenvalue weighted by Gasteiger charge is -2.25. The number of fused-ring (bicyclic) bond motifs is 1. The van der Waals surface area contributed by atoms with Gasteiger partial charge < -0.3 is 14.2 Å². The fourth-order valence-electron chi connectivity index (χ4n) is 2.01. The third-order valence-electron chi connectivity index (χ3n) is 2.96. The van der Waals surface area contributed by atoms with Crippen molar-refractivity contribution in [2.75, 3.05) is 19.5 Å². The Morgan fingerprint density at radius 3 is 2.91 bits per heavy atom. The molecule has 1 aromatic carbocycles. The normalized spacial score (nSPS) is 17.4. The van der Waals surface area contributed by atoms with Crippen LogP contribution in [0, 0.1) is 0 Å². The summed E-state index contributed by atoms with van der Waals surface area (Å²) in [6, 6.07) is 7.16. The van der Waals surface area contributed by atoms with Crippen LogP contribution in [-0.2, 0) is 21.2 Å². The highest BCUT2D eigenvalue weighted by Gasteiger charge is 2.29. The van der Waals surface area contributed by atoms with E-state index in [1.807, 2.05) is 6.07 Å². The van der Waals surface area contributed by atoms with Crippen molar-refractivity contribution in [2.45, 2.75) is 17.1 Å². The van der Waals surface area contributed by atoms with E-state index in [2.05, 4.69) is 9.36 Å². The second kappa shape index (κ2) is 6.19. The van der Waals surface area contributed by atoms with Crippen molar-refractivity contribution >= 4 is 21.4 Å². The zero-order valence-corrected chi connectivity index (χ0v) is 13.4. The van der Waals surface area contributed by atoms with E-state index in [1.165, 1.54) is 7.11 Å². The molecule has 1 aliphatic heterocycles. The van der Waals surface area contributed by atoms with Gasteiger partial charge in [0, 0.05) is 7.11 Å². The van der Waals surface area contributed by atoms with Crippen molar-refractivity contribution in [3.63, 3.8) is 0 Å². The summed E-state index contributed by atoms with van der Waals surface area (Å²) in [4.78, 5) is 3.98. The number of nitrogens with zero attached hydrogens (tertiary/aromatic N) is 2. The Labute approximate surface area is 131 Å². The number of hydrogen-bond acceptors (Lipinski definition) is 8. The highest BCUT2D eigenvalue weighted by atomic mass is 32.2. The number of aromatic nitrogens is 2. The highest BCUT2D eigenvalue weighted by molar-refractivity contribution is 7.93. The quantitative estimate of drug-likeness (QED) is 0.809. The van der Waals surface area contributed by atoms with Crippen molar-refractivity contribution in [2.24, 2.45) is 0 Å². The Morgan fingerprint density at radius 2 is 2.14 bits per heavy atom. The standard InChI is InChI=1S/C13H14N2O5S2/c1-18-7-12-14-13(21-15-12)22(16,17)8-9-6-19-10-4-2-3-5-11(10)20-9/h2-5,9H,6-8H2,1H3. The van der Waals surface area contributed by atoms with E-state index < -0.39 is 15.9 Å². The Balaban J connectivity index is 1.72. The molecular formula is C13H14N2O5S2. The van der Waals surface area contributed by atoms with Crippen LogP contribution >= 0.6 is 11.5 Å². The maximum Gasteiger partial charge on any atom is 0.229 e. The third-order valence-corrected chi connectivity index (χ3v) is 5.93. The van der Waals surface area contributed by atoms with E-state index in [0.29, 0.717) is 17.3 Å². The fourth-order valence-corrected chi connectivity index (χ4v) is 4.25. The first kappa shape index (κ1) is 15.2. The first-order valence-electron chi connectivity index (χ1n) is 6.51. The SMILES string of the molecule is COCc1nsc(S(=O)(=O)CC2COc3ccccc3O2)n1. The van der Waals surface area contributed by atoms with Gasteiger partial charge in [0.2, 0.25) is 14.2 Å². The van der Waals surface area contributed by atoms with Gasteiger partial charge in [-0.25, -0.2) is 13.4 Å². The molecule has 0 radical (unpaired) electrons. The van der Waals surface area contributed by atoms with Crippen LogP contribution in [0.4, 0.5) is 0 Å². The molecule has 1 atom stereocenters. The van der Waals surface area contributed by atoms with Crippen LogP contribution in [0.25, 0.3) is 0 Å². The van der Waals surface area contributed by atoms with Crippen LogP contribution in [0.2, 0.25) is 0 Å². The summed E-state index contributed by atoms with van der Waals surface area (Å²) >= 11 is 0.845. The Morgan fingerprint density at radius 1 is 1.36 bits per heavy atom. The lowest BCUT2D eigenvalue weighted by Crippen LogP contribution is -2.35. The predicted octanol–water partition coefficient (Wildman–Crippen LogP) is 1.30. The number of methoxy groups -OCH3 is 1. The Hall–Kier alpha value is -1.71. The first-order chi connectivity index (χ1) is 10.6. The fraction of sp³-hybridized carbons (Fsp3) is 0.385. The van der Waals surface area contributed by atoms with Crippen molar-refractivity contribution < 1.29 is 22.6 Å². The average Bonchev–Trinajstić information content (AvgIpc) is 2.97. The molecule has 2 aromatic rings. The monoisotopic (exact) mass is 342 g/mol. The molecule has 9 heteroatoms. The van der Waals surface area contributed by atoms with Crippen molar-refractivity contribution in [1.29, 1.82) is 0 Å². The zero-order valence-electron chi connectivity index (χ0n) is 11.8. The van der Waals surface area contributed by atoms with E-state index >= 15 is 0 Å². The van der Waals surface area contributed by atoms with Gasteiger partial charge in [0.1, 0.15) is 19.3 Å². The summed E-state index contributed by atoms with van der Waals surface area (Å²) in [6.07, 6.45) is -0.574. The Bertz CT molecular complexity index is 759. The van der Waals surface area contributed by atoms with E-state index in [9.17, 15) is 8.42 Å². The molecule has 3 rings (SSSR count). The first-order valence-corrected chi connectivity index (χ1v) is 8.94. The largest absolute Gasteiger partial charge is 0.486 e. The molecule has 118 valence electrons. The lowest BCUT2D eigenvalue weighted by molar-refractivity contribution is 0.106. The van der Waals surface area contributed by atoms with Crippen molar-refractivity contribution in [3.05, 3.63) is 30.1 Å². The van der Waals surface area contributed by atoms with Crippen molar-refractivity contribution in [1.82, 2.24) is 9.36 Å². The smallest absolute Gasteiger partial charge is 0.229 e. The molecule has 0 bridgehead atoms. The molecule has 1 aromatic heterocycles.